The van der Waals surface area contributed by atoms with E-state index in [9.17, 15) is 13.2 Å². The van der Waals surface area contributed by atoms with Gasteiger partial charge in [-0.05, 0) is 55.8 Å². The van der Waals surface area contributed by atoms with Gasteiger partial charge in [-0.3, -0.25) is 4.79 Å². The second kappa shape index (κ2) is 7.98. The molecule has 1 aromatic heterocycles. The van der Waals surface area contributed by atoms with Crippen molar-refractivity contribution in [2.75, 3.05) is 26.2 Å². The molecule has 2 aromatic carbocycles. The van der Waals surface area contributed by atoms with Crippen molar-refractivity contribution in [3.8, 4) is 0 Å². The molecule has 0 bridgehead atoms. The number of hydrogen-bond acceptors (Lipinski definition) is 4. The van der Waals surface area contributed by atoms with Crippen LogP contribution in [0.25, 0.3) is 10.9 Å². The first kappa shape index (κ1) is 20.8. The lowest BCUT2D eigenvalue weighted by atomic mass is 10.1. The molecule has 1 amide bonds. The van der Waals surface area contributed by atoms with Crippen LogP contribution in [0.4, 0.5) is 0 Å². The van der Waals surface area contributed by atoms with Crippen LogP contribution in [0.3, 0.4) is 0 Å². The minimum absolute atomic E-state index is 0.115. The van der Waals surface area contributed by atoms with Crippen LogP contribution in [0.5, 0.6) is 0 Å². The minimum Gasteiger partial charge on any atom is -0.336 e. The fourth-order valence-corrected chi connectivity index (χ4v) is 5.56. The molecule has 6 nitrogen and oxygen atoms in total. The van der Waals surface area contributed by atoms with E-state index < -0.39 is 10.0 Å². The molecule has 8 heteroatoms. The Morgan fingerprint density at radius 2 is 1.70 bits per heavy atom. The van der Waals surface area contributed by atoms with Gasteiger partial charge in [-0.25, -0.2) is 13.4 Å². The summed E-state index contributed by atoms with van der Waals surface area (Å²) in [4.78, 5) is 19.2. The fraction of sp³-hybridized carbons (Fsp3) is 0.273. The van der Waals surface area contributed by atoms with E-state index in [1.54, 1.807) is 48.2 Å². The number of sulfonamides is 1. The maximum absolute atomic E-state index is 13.0. The zero-order chi connectivity index (χ0) is 21.5. The van der Waals surface area contributed by atoms with Gasteiger partial charge in [0.25, 0.3) is 5.91 Å². The molecule has 156 valence electrons. The molecule has 0 radical (unpaired) electrons. The van der Waals surface area contributed by atoms with Gasteiger partial charge in [-0.2, -0.15) is 4.31 Å². The van der Waals surface area contributed by atoms with Crippen LogP contribution < -0.4 is 0 Å². The summed E-state index contributed by atoms with van der Waals surface area (Å²) in [5.74, 6) is -0.115. The SMILES string of the molecule is Cc1ccc(S(=O)(=O)N2CCN(C(=O)c3ccc4nc(Cl)ccc4c3)CC2)c(C)c1. The van der Waals surface area contributed by atoms with Crippen molar-refractivity contribution >= 4 is 38.4 Å². The smallest absolute Gasteiger partial charge is 0.253 e. The van der Waals surface area contributed by atoms with E-state index in [0.29, 0.717) is 28.7 Å². The van der Waals surface area contributed by atoms with Crippen LogP contribution in [0.15, 0.2) is 53.4 Å². The summed E-state index contributed by atoms with van der Waals surface area (Å²) in [5.41, 5.74) is 3.04. The van der Waals surface area contributed by atoms with Gasteiger partial charge >= 0.3 is 0 Å². The highest BCUT2D eigenvalue weighted by molar-refractivity contribution is 7.89. The lowest BCUT2D eigenvalue weighted by molar-refractivity contribution is 0.0698. The molecule has 1 aliphatic rings. The van der Waals surface area contributed by atoms with Crippen LogP contribution in [0.2, 0.25) is 5.15 Å². The van der Waals surface area contributed by atoms with Crippen molar-refractivity contribution in [2.45, 2.75) is 18.7 Å². The molecule has 1 aliphatic heterocycles. The molecule has 30 heavy (non-hydrogen) atoms. The largest absolute Gasteiger partial charge is 0.336 e. The minimum atomic E-state index is -3.58. The molecular formula is C22H22ClN3O3S. The van der Waals surface area contributed by atoms with E-state index in [2.05, 4.69) is 4.98 Å². The number of aryl methyl sites for hydroxylation is 2. The van der Waals surface area contributed by atoms with E-state index in [1.165, 1.54) is 4.31 Å². The van der Waals surface area contributed by atoms with E-state index in [1.807, 2.05) is 19.1 Å². The van der Waals surface area contributed by atoms with Gasteiger partial charge in [-0.1, -0.05) is 29.3 Å². The molecule has 0 unspecified atom stereocenters. The van der Waals surface area contributed by atoms with Gasteiger partial charge in [0.2, 0.25) is 10.0 Å². The van der Waals surface area contributed by atoms with Crippen molar-refractivity contribution in [3.63, 3.8) is 0 Å². The lowest BCUT2D eigenvalue weighted by Crippen LogP contribution is -2.50. The Labute approximate surface area is 181 Å². The van der Waals surface area contributed by atoms with Gasteiger partial charge in [0.15, 0.2) is 0 Å². The molecular weight excluding hydrogens is 422 g/mol. The van der Waals surface area contributed by atoms with Crippen molar-refractivity contribution < 1.29 is 13.2 Å². The summed E-state index contributed by atoms with van der Waals surface area (Å²) in [6.45, 7) is 4.98. The predicted octanol–water partition coefficient (Wildman–Crippen LogP) is 3.65. The molecule has 3 aromatic rings. The molecule has 0 atom stereocenters. The molecule has 0 spiro atoms. The Morgan fingerprint density at radius 3 is 2.40 bits per heavy atom. The molecule has 0 saturated carbocycles. The third kappa shape index (κ3) is 3.93. The Kier molecular flexibility index (Phi) is 5.53. The second-order valence-electron chi connectivity index (χ2n) is 7.51. The predicted molar refractivity (Wildman–Crippen MR) is 117 cm³/mol. The summed E-state index contributed by atoms with van der Waals surface area (Å²) in [7, 11) is -3.58. The van der Waals surface area contributed by atoms with E-state index >= 15 is 0 Å². The number of carbonyl (C=O) groups excluding carboxylic acids is 1. The summed E-state index contributed by atoms with van der Waals surface area (Å²) in [5, 5.41) is 1.24. The number of pyridine rings is 1. The number of halogens is 1. The average molecular weight is 444 g/mol. The number of hydrogen-bond donors (Lipinski definition) is 0. The Bertz CT molecular complexity index is 1240. The monoisotopic (exact) mass is 443 g/mol. The highest BCUT2D eigenvalue weighted by Gasteiger charge is 2.31. The third-order valence-corrected chi connectivity index (χ3v) is 7.65. The third-order valence-electron chi connectivity index (χ3n) is 5.38. The Hall–Kier alpha value is -2.48. The van der Waals surface area contributed by atoms with Crippen LogP contribution >= 0.6 is 11.6 Å². The number of fused-ring (bicyclic) bond motifs is 1. The highest BCUT2D eigenvalue weighted by Crippen LogP contribution is 2.23. The topological polar surface area (TPSA) is 70.6 Å². The van der Waals surface area contributed by atoms with Gasteiger partial charge in [0.1, 0.15) is 5.15 Å². The van der Waals surface area contributed by atoms with Crippen molar-refractivity contribution in [3.05, 3.63) is 70.4 Å². The maximum atomic E-state index is 13.0. The quantitative estimate of drug-likeness (QED) is 0.579. The number of piperazine rings is 1. The first-order valence-electron chi connectivity index (χ1n) is 9.69. The van der Waals surface area contributed by atoms with Gasteiger partial charge in [0, 0.05) is 37.1 Å². The molecule has 0 aliphatic carbocycles. The second-order valence-corrected chi connectivity index (χ2v) is 9.80. The van der Waals surface area contributed by atoms with Crippen molar-refractivity contribution in [1.29, 1.82) is 0 Å². The molecule has 4 rings (SSSR count). The first-order chi connectivity index (χ1) is 14.3. The van der Waals surface area contributed by atoms with Gasteiger partial charge in [-0.15, -0.1) is 0 Å². The Balaban J connectivity index is 1.49. The number of carbonyl (C=O) groups is 1. The fourth-order valence-electron chi connectivity index (χ4n) is 3.78. The van der Waals surface area contributed by atoms with E-state index in [0.717, 1.165) is 22.0 Å². The number of benzene rings is 2. The summed E-state index contributed by atoms with van der Waals surface area (Å²) in [6.07, 6.45) is 0. The number of aromatic nitrogens is 1. The maximum Gasteiger partial charge on any atom is 0.253 e. The summed E-state index contributed by atoms with van der Waals surface area (Å²) < 4.78 is 27.5. The number of amides is 1. The zero-order valence-electron chi connectivity index (χ0n) is 16.8. The highest BCUT2D eigenvalue weighted by atomic mass is 35.5. The summed E-state index contributed by atoms with van der Waals surface area (Å²) in [6, 6.07) is 14.1. The van der Waals surface area contributed by atoms with Crippen LogP contribution in [0, 0.1) is 13.8 Å². The molecule has 2 heterocycles. The van der Waals surface area contributed by atoms with E-state index in [4.69, 9.17) is 11.6 Å². The normalized spacial score (nSPS) is 15.5. The first-order valence-corrected chi connectivity index (χ1v) is 11.5. The van der Waals surface area contributed by atoms with Crippen LogP contribution in [-0.4, -0.2) is 54.7 Å². The van der Waals surface area contributed by atoms with Crippen LogP contribution in [0.1, 0.15) is 21.5 Å². The lowest BCUT2D eigenvalue weighted by Gasteiger charge is -2.34. The van der Waals surface area contributed by atoms with Crippen molar-refractivity contribution in [1.82, 2.24) is 14.2 Å². The molecule has 0 N–H and O–H groups in total. The van der Waals surface area contributed by atoms with Crippen LogP contribution in [-0.2, 0) is 10.0 Å². The van der Waals surface area contributed by atoms with Gasteiger partial charge in [0.05, 0.1) is 10.4 Å². The molecule has 1 saturated heterocycles. The Morgan fingerprint density at radius 1 is 0.967 bits per heavy atom. The molecule has 1 fully saturated rings. The number of nitrogens with zero attached hydrogens (tertiary/aromatic N) is 3. The van der Waals surface area contributed by atoms with E-state index in [-0.39, 0.29) is 19.0 Å². The number of rotatable bonds is 3. The summed E-state index contributed by atoms with van der Waals surface area (Å²) >= 11 is 5.91. The standard InChI is InChI=1S/C22H22ClN3O3S/c1-15-3-7-20(16(2)13-15)30(28,29)26-11-9-25(10-12-26)22(27)18-4-6-19-17(14-18)5-8-21(23)24-19/h3-8,13-14H,9-12H2,1-2H3. The van der Waals surface area contributed by atoms with Crippen molar-refractivity contribution in [2.24, 2.45) is 0 Å². The average Bonchev–Trinajstić information content (AvgIpc) is 2.72. The zero-order valence-corrected chi connectivity index (χ0v) is 18.4. The van der Waals surface area contributed by atoms with Gasteiger partial charge < -0.3 is 4.90 Å².